The summed E-state index contributed by atoms with van der Waals surface area (Å²) in [7, 11) is 0. The molecule has 38 heavy (non-hydrogen) atoms. The number of para-hydroxylation sites is 1. The first-order chi connectivity index (χ1) is 18.0. The number of hydrogen-bond donors (Lipinski definition) is 0. The van der Waals surface area contributed by atoms with Crippen molar-refractivity contribution in [2.45, 2.75) is 25.5 Å². The summed E-state index contributed by atoms with van der Waals surface area (Å²) in [6.07, 6.45) is -8.75. The number of rotatable bonds is 9. The molecular formula is C29H23F6NO2. The monoisotopic (exact) mass is 531 g/mol. The Balaban J connectivity index is 1.54. The maximum Gasteiger partial charge on any atom is 0.573 e. The second-order valence-corrected chi connectivity index (χ2v) is 8.47. The van der Waals surface area contributed by atoms with Crippen molar-refractivity contribution in [1.29, 1.82) is 0 Å². The minimum atomic E-state index is -4.78. The molecule has 0 radical (unpaired) electrons. The lowest BCUT2D eigenvalue weighted by Gasteiger charge is -2.26. The van der Waals surface area contributed by atoms with E-state index in [0.29, 0.717) is 36.6 Å². The molecule has 0 spiro atoms. The molecule has 0 aromatic heterocycles. The van der Waals surface area contributed by atoms with Crippen LogP contribution in [0.4, 0.5) is 32.0 Å². The standard InChI is InChI=1S/C29H23F6NO2/c30-28(31,32)23-13-9-21(10-14-23)17-18-36(20-22-11-15-26(16-12-22)38-29(33,34)35)24-5-4-8-27(19-24)37-25-6-2-1-3-7-25/h1-16,19H,17-18,20H2. The molecule has 9 heteroatoms. The zero-order valence-corrected chi connectivity index (χ0v) is 20.0. The molecule has 198 valence electrons. The molecule has 0 aliphatic heterocycles. The molecule has 0 saturated heterocycles. The van der Waals surface area contributed by atoms with Crippen molar-refractivity contribution in [3.63, 3.8) is 0 Å². The molecule has 0 aliphatic rings. The van der Waals surface area contributed by atoms with Gasteiger partial charge in [0.15, 0.2) is 0 Å². The third kappa shape index (κ3) is 7.93. The predicted octanol–water partition coefficient (Wildman–Crippen LogP) is 8.65. The number of benzene rings is 4. The third-order valence-electron chi connectivity index (χ3n) is 5.64. The maximum absolute atomic E-state index is 12.9. The molecule has 0 atom stereocenters. The molecule has 0 fully saturated rings. The van der Waals surface area contributed by atoms with Gasteiger partial charge in [0.25, 0.3) is 0 Å². The summed E-state index contributed by atoms with van der Waals surface area (Å²) in [4.78, 5) is 1.98. The minimum Gasteiger partial charge on any atom is -0.457 e. The van der Waals surface area contributed by atoms with Gasteiger partial charge in [0.2, 0.25) is 0 Å². The van der Waals surface area contributed by atoms with Gasteiger partial charge in [-0.15, -0.1) is 13.2 Å². The van der Waals surface area contributed by atoms with Crippen molar-refractivity contribution in [1.82, 2.24) is 0 Å². The molecule has 0 unspecified atom stereocenters. The highest BCUT2D eigenvalue weighted by molar-refractivity contribution is 5.52. The van der Waals surface area contributed by atoms with Crippen molar-refractivity contribution >= 4 is 5.69 Å². The molecule has 0 N–H and O–H groups in total. The normalized spacial score (nSPS) is 11.7. The van der Waals surface area contributed by atoms with Gasteiger partial charge < -0.3 is 14.4 Å². The van der Waals surface area contributed by atoms with Crippen molar-refractivity contribution in [2.75, 3.05) is 11.4 Å². The lowest BCUT2D eigenvalue weighted by molar-refractivity contribution is -0.274. The highest BCUT2D eigenvalue weighted by Gasteiger charge is 2.31. The largest absolute Gasteiger partial charge is 0.573 e. The topological polar surface area (TPSA) is 21.7 Å². The van der Waals surface area contributed by atoms with Gasteiger partial charge in [-0.05, 0) is 66.1 Å². The van der Waals surface area contributed by atoms with Crippen molar-refractivity contribution in [3.8, 4) is 17.2 Å². The SMILES string of the molecule is FC(F)(F)Oc1ccc(CN(CCc2ccc(C(F)(F)F)cc2)c2cccc(Oc3ccccc3)c2)cc1. The predicted molar refractivity (Wildman–Crippen MR) is 132 cm³/mol. The van der Waals surface area contributed by atoms with E-state index in [2.05, 4.69) is 4.74 Å². The average molecular weight is 531 g/mol. The Morgan fingerprint density at radius 1 is 0.605 bits per heavy atom. The van der Waals surface area contributed by atoms with E-state index < -0.39 is 18.1 Å². The number of halogens is 6. The van der Waals surface area contributed by atoms with Crippen LogP contribution >= 0.6 is 0 Å². The average Bonchev–Trinajstić information content (AvgIpc) is 2.87. The fourth-order valence-corrected chi connectivity index (χ4v) is 3.81. The number of hydrogen-bond acceptors (Lipinski definition) is 3. The van der Waals surface area contributed by atoms with Crippen molar-refractivity contribution in [2.24, 2.45) is 0 Å². The van der Waals surface area contributed by atoms with Crippen molar-refractivity contribution < 1.29 is 35.8 Å². The summed E-state index contributed by atoms with van der Waals surface area (Å²) in [6.45, 7) is 0.767. The number of alkyl halides is 6. The van der Waals surface area contributed by atoms with E-state index in [1.54, 1.807) is 6.07 Å². The summed E-state index contributed by atoms with van der Waals surface area (Å²) in [5.41, 5.74) is 1.50. The Morgan fingerprint density at radius 2 is 1.24 bits per heavy atom. The summed E-state index contributed by atoms with van der Waals surface area (Å²) in [5, 5.41) is 0. The van der Waals surface area contributed by atoms with E-state index in [1.807, 2.05) is 53.4 Å². The molecule has 0 heterocycles. The van der Waals surface area contributed by atoms with Gasteiger partial charge >= 0.3 is 12.5 Å². The lowest BCUT2D eigenvalue weighted by atomic mass is 10.1. The summed E-state index contributed by atoms with van der Waals surface area (Å²) in [5.74, 6) is 0.916. The van der Waals surface area contributed by atoms with Crippen molar-refractivity contribution in [3.05, 3.63) is 120 Å². The van der Waals surface area contributed by atoms with Gasteiger partial charge in [0.1, 0.15) is 17.2 Å². The van der Waals surface area contributed by atoms with Crippen LogP contribution in [-0.4, -0.2) is 12.9 Å². The van der Waals surface area contributed by atoms with Crippen LogP contribution < -0.4 is 14.4 Å². The third-order valence-corrected chi connectivity index (χ3v) is 5.64. The van der Waals surface area contributed by atoms with E-state index >= 15 is 0 Å². The Bertz CT molecular complexity index is 1300. The number of nitrogens with zero attached hydrogens (tertiary/aromatic N) is 1. The highest BCUT2D eigenvalue weighted by Crippen LogP contribution is 2.30. The summed E-state index contributed by atoms with van der Waals surface area (Å²) < 4.78 is 86.2. The Hall–Kier alpha value is -4.14. The first-order valence-corrected chi connectivity index (χ1v) is 11.6. The van der Waals surface area contributed by atoms with Crippen LogP contribution in [0.15, 0.2) is 103 Å². The summed E-state index contributed by atoms with van der Waals surface area (Å²) >= 11 is 0. The molecule has 4 aromatic carbocycles. The minimum absolute atomic E-state index is 0.323. The second-order valence-electron chi connectivity index (χ2n) is 8.47. The lowest BCUT2D eigenvalue weighted by Crippen LogP contribution is -2.25. The van der Waals surface area contributed by atoms with E-state index in [9.17, 15) is 26.3 Å². The van der Waals surface area contributed by atoms with Crippen LogP contribution in [-0.2, 0) is 19.1 Å². The number of anilines is 1. The van der Waals surface area contributed by atoms with E-state index in [-0.39, 0.29) is 5.75 Å². The van der Waals surface area contributed by atoms with Gasteiger partial charge in [0, 0.05) is 24.8 Å². The molecule has 0 bridgehead atoms. The molecule has 4 aromatic rings. The maximum atomic E-state index is 12.9. The Kier molecular flexibility index (Phi) is 8.14. The fourth-order valence-electron chi connectivity index (χ4n) is 3.81. The van der Waals surface area contributed by atoms with Crippen LogP contribution in [0.3, 0.4) is 0 Å². The smallest absolute Gasteiger partial charge is 0.457 e. The zero-order chi connectivity index (χ0) is 27.2. The van der Waals surface area contributed by atoms with Crippen LogP contribution in [0.2, 0.25) is 0 Å². The van der Waals surface area contributed by atoms with Gasteiger partial charge in [-0.2, -0.15) is 13.2 Å². The fraction of sp³-hybridized carbons (Fsp3) is 0.172. The van der Waals surface area contributed by atoms with Crippen LogP contribution in [0, 0.1) is 0 Å². The molecule has 0 saturated carbocycles. The van der Waals surface area contributed by atoms with Crippen LogP contribution in [0.5, 0.6) is 17.2 Å². The summed E-state index contributed by atoms with van der Waals surface area (Å²) in [6, 6.07) is 27.1. The first kappa shape index (κ1) is 26.9. The highest BCUT2D eigenvalue weighted by atomic mass is 19.4. The quantitative estimate of drug-likeness (QED) is 0.202. The molecule has 0 aliphatic carbocycles. The van der Waals surface area contributed by atoms with Gasteiger partial charge in [0.05, 0.1) is 5.56 Å². The second kappa shape index (κ2) is 11.5. The molecule has 4 rings (SSSR count). The van der Waals surface area contributed by atoms with Crippen LogP contribution in [0.25, 0.3) is 0 Å². The first-order valence-electron chi connectivity index (χ1n) is 11.6. The molecule has 3 nitrogen and oxygen atoms in total. The Labute approximate surface area is 215 Å². The Morgan fingerprint density at radius 3 is 1.87 bits per heavy atom. The van der Waals surface area contributed by atoms with E-state index in [0.717, 1.165) is 23.4 Å². The molecule has 0 amide bonds. The number of ether oxygens (including phenoxy) is 2. The van der Waals surface area contributed by atoms with Crippen LogP contribution in [0.1, 0.15) is 16.7 Å². The van der Waals surface area contributed by atoms with Gasteiger partial charge in [-0.25, -0.2) is 0 Å². The van der Waals surface area contributed by atoms with Gasteiger partial charge in [-0.3, -0.25) is 0 Å². The molecular weight excluding hydrogens is 508 g/mol. The zero-order valence-electron chi connectivity index (χ0n) is 20.0. The van der Waals surface area contributed by atoms with Gasteiger partial charge in [-0.1, -0.05) is 48.5 Å². The van der Waals surface area contributed by atoms with E-state index in [1.165, 1.54) is 36.4 Å². The van der Waals surface area contributed by atoms with E-state index in [4.69, 9.17) is 4.74 Å².